The molecule has 0 unspecified atom stereocenters. The molecule has 1 aliphatic rings. The van der Waals surface area contributed by atoms with Gasteiger partial charge in [0.2, 0.25) is 0 Å². The molecule has 0 fully saturated rings. The fraction of sp³-hybridized carbons (Fsp3) is 0.375. The van der Waals surface area contributed by atoms with Crippen molar-refractivity contribution in [2.45, 2.75) is 50.8 Å². The maximum Gasteiger partial charge on any atom is 0.409 e. The van der Waals surface area contributed by atoms with Gasteiger partial charge in [0.05, 0.1) is 0 Å². The molecular formula is C24H28N2O6. The third kappa shape index (κ3) is 5.26. The van der Waals surface area contributed by atoms with Gasteiger partial charge in [-0.3, -0.25) is 15.8 Å². The number of carbonyl (C=O) groups excluding carboxylic acids is 2. The highest BCUT2D eigenvalue weighted by Crippen LogP contribution is 2.44. The SMILES string of the molecule is CC(C)(C)OC(=O)N[C@@](N)(CCC(=O)OCC1c2ccccc2-c2ccccc21)C(=O)O. The molecule has 0 aromatic heterocycles. The number of rotatable bonds is 7. The van der Waals surface area contributed by atoms with Crippen molar-refractivity contribution in [1.29, 1.82) is 0 Å². The lowest BCUT2D eigenvalue weighted by Crippen LogP contribution is -2.62. The van der Waals surface area contributed by atoms with E-state index >= 15 is 0 Å². The monoisotopic (exact) mass is 440 g/mol. The van der Waals surface area contributed by atoms with E-state index in [4.69, 9.17) is 15.2 Å². The molecular weight excluding hydrogens is 412 g/mol. The number of esters is 1. The molecule has 32 heavy (non-hydrogen) atoms. The van der Waals surface area contributed by atoms with Gasteiger partial charge in [0, 0.05) is 18.8 Å². The summed E-state index contributed by atoms with van der Waals surface area (Å²) in [7, 11) is 0. The number of alkyl carbamates (subject to hydrolysis) is 1. The zero-order valence-electron chi connectivity index (χ0n) is 18.4. The molecule has 2 aromatic carbocycles. The van der Waals surface area contributed by atoms with Gasteiger partial charge in [0.25, 0.3) is 0 Å². The molecule has 0 bridgehead atoms. The van der Waals surface area contributed by atoms with Crippen LogP contribution in [0.5, 0.6) is 0 Å². The van der Waals surface area contributed by atoms with Crippen LogP contribution in [0.25, 0.3) is 11.1 Å². The van der Waals surface area contributed by atoms with Crippen LogP contribution in [0.1, 0.15) is 50.7 Å². The lowest BCUT2D eigenvalue weighted by atomic mass is 9.98. The van der Waals surface area contributed by atoms with E-state index in [1.807, 2.05) is 48.5 Å². The average Bonchev–Trinajstić information content (AvgIpc) is 3.03. The molecule has 8 heteroatoms. The molecule has 2 aromatic rings. The molecule has 1 amide bonds. The number of aliphatic carboxylic acids is 1. The third-order valence-corrected chi connectivity index (χ3v) is 5.20. The molecule has 1 aliphatic carbocycles. The summed E-state index contributed by atoms with van der Waals surface area (Å²) in [6, 6.07) is 15.9. The Balaban J connectivity index is 1.61. The van der Waals surface area contributed by atoms with Gasteiger partial charge in [-0.15, -0.1) is 0 Å². The Bertz CT molecular complexity index is 984. The minimum absolute atomic E-state index is 0.103. The van der Waals surface area contributed by atoms with Gasteiger partial charge >= 0.3 is 18.0 Å². The second kappa shape index (κ2) is 9.00. The van der Waals surface area contributed by atoms with E-state index in [0.717, 1.165) is 22.3 Å². The van der Waals surface area contributed by atoms with Crippen LogP contribution in [-0.4, -0.2) is 41.0 Å². The van der Waals surface area contributed by atoms with Crippen LogP contribution in [0, 0.1) is 0 Å². The topological polar surface area (TPSA) is 128 Å². The summed E-state index contributed by atoms with van der Waals surface area (Å²) < 4.78 is 10.5. The van der Waals surface area contributed by atoms with Crippen LogP contribution in [0.4, 0.5) is 4.79 Å². The van der Waals surface area contributed by atoms with Gasteiger partial charge in [-0.2, -0.15) is 0 Å². The molecule has 0 spiro atoms. The number of amides is 1. The second-order valence-corrected chi connectivity index (χ2v) is 8.81. The first-order chi connectivity index (χ1) is 15.0. The van der Waals surface area contributed by atoms with Gasteiger partial charge < -0.3 is 14.6 Å². The Labute approximate surface area is 186 Å². The van der Waals surface area contributed by atoms with E-state index in [-0.39, 0.29) is 25.4 Å². The van der Waals surface area contributed by atoms with Crippen molar-refractivity contribution in [3.8, 4) is 11.1 Å². The molecule has 0 heterocycles. The van der Waals surface area contributed by atoms with Crippen molar-refractivity contribution in [3.63, 3.8) is 0 Å². The van der Waals surface area contributed by atoms with Gasteiger partial charge in [0.15, 0.2) is 5.66 Å². The lowest BCUT2D eigenvalue weighted by Gasteiger charge is -2.28. The van der Waals surface area contributed by atoms with Crippen molar-refractivity contribution in [3.05, 3.63) is 59.7 Å². The molecule has 0 radical (unpaired) electrons. The molecule has 1 atom stereocenters. The number of carbonyl (C=O) groups is 3. The predicted octanol–water partition coefficient (Wildman–Crippen LogP) is 3.39. The average molecular weight is 440 g/mol. The Morgan fingerprint density at radius 2 is 1.53 bits per heavy atom. The Morgan fingerprint density at radius 1 is 1.00 bits per heavy atom. The summed E-state index contributed by atoms with van der Waals surface area (Å²) >= 11 is 0. The van der Waals surface area contributed by atoms with Gasteiger partial charge in [0.1, 0.15) is 12.2 Å². The number of ether oxygens (including phenoxy) is 2. The van der Waals surface area contributed by atoms with Gasteiger partial charge in [-0.1, -0.05) is 48.5 Å². The normalized spacial score (nSPS) is 14.6. The fourth-order valence-corrected chi connectivity index (χ4v) is 3.70. The van der Waals surface area contributed by atoms with Crippen LogP contribution in [0.2, 0.25) is 0 Å². The zero-order chi connectivity index (χ0) is 23.5. The van der Waals surface area contributed by atoms with E-state index < -0.39 is 29.3 Å². The van der Waals surface area contributed by atoms with E-state index in [1.165, 1.54) is 0 Å². The number of hydrogen-bond acceptors (Lipinski definition) is 6. The predicted molar refractivity (Wildman–Crippen MR) is 118 cm³/mol. The maximum atomic E-state index is 12.4. The van der Waals surface area contributed by atoms with Crippen LogP contribution < -0.4 is 11.1 Å². The number of nitrogens with one attached hydrogen (secondary N) is 1. The summed E-state index contributed by atoms with van der Waals surface area (Å²) in [4.78, 5) is 36.0. The highest BCUT2D eigenvalue weighted by atomic mass is 16.6. The number of benzene rings is 2. The van der Waals surface area contributed by atoms with Crippen LogP contribution in [-0.2, 0) is 19.1 Å². The number of nitrogens with two attached hydrogens (primary N) is 1. The Hall–Kier alpha value is -3.39. The molecule has 0 aliphatic heterocycles. The summed E-state index contributed by atoms with van der Waals surface area (Å²) in [6.07, 6.45) is -1.61. The number of carboxylic acids is 1. The number of fused-ring (bicyclic) bond motifs is 3. The quantitative estimate of drug-likeness (QED) is 0.445. The highest BCUT2D eigenvalue weighted by Gasteiger charge is 2.38. The summed E-state index contributed by atoms with van der Waals surface area (Å²) in [5.41, 5.74) is 7.22. The maximum absolute atomic E-state index is 12.4. The highest BCUT2D eigenvalue weighted by molar-refractivity contribution is 5.84. The summed E-state index contributed by atoms with van der Waals surface area (Å²) in [5, 5.41) is 11.6. The molecule has 3 rings (SSSR count). The first-order valence-electron chi connectivity index (χ1n) is 10.4. The van der Waals surface area contributed by atoms with Crippen LogP contribution in [0.3, 0.4) is 0 Å². The summed E-state index contributed by atoms with van der Waals surface area (Å²) in [5.74, 6) is -2.18. The molecule has 0 saturated carbocycles. The van der Waals surface area contributed by atoms with Crippen LogP contribution in [0.15, 0.2) is 48.5 Å². The minimum Gasteiger partial charge on any atom is -0.478 e. The van der Waals surface area contributed by atoms with E-state index in [0.29, 0.717) is 0 Å². The summed E-state index contributed by atoms with van der Waals surface area (Å²) in [6.45, 7) is 5.05. The van der Waals surface area contributed by atoms with Crippen molar-refractivity contribution in [2.24, 2.45) is 5.73 Å². The Morgan fingerprint density at radius 3 is 2.03 bits per heavy atom. The van der Waals surface area contributed by atoms with E-state index in [2.05, 4.69) is 5.32 Å². The molecule has 0 saturated heterocycles. The standard InChI is InChI=1S/C24H28N2O6/c1-23(2,3)32-22(30)26-24(25,21(28)29)13-12-20(27)31-14-19-17-10-6-4-8-15(17)16-9-5-7-11-18(16)19/h4-11,19H,12-14,25H2,1-3H3,(H,26,30)(H,28,29)/t24-/m0/s1. The Kier molecular flexibility index (Phi) is 6.55. The number of carboxylic acid groups (broad SMARTS) is 1. The third-order valence-electron chi connectivity index (χ3n) is 5.20. The zero-order valence-corrected chi connectivity index (χ0v) is 18.4. The molecule has 8 nitrogen and oxygen atoms in total. The van der Waals surface area contributed by atoms with Gasteiger partial charge in [-0.25, -0.2) is 9.59 Å². The van der Waals surface area contributed by atoms with Crippen LogP contribution >= 0.6 is 0 Å². The lowest BCUT2D eigenvalue weighted by molar-refractivity contribution is -0.147. The van der Waals surface area contributed by atoms with E-state index in [9.17, 15) is 19.5 Å². The van der Waals surface area contributed by atoms with Crippen molar-refractivity contribution in [1.82, 2.24) is 5.32 Å². The molecule has 170 valence electrons. The first-order valence-corrected chi connectivity index (χ1v) is 10.4. The minimum atomic E-state index is -2.16. The van der Waals surface area contributed by atoms with Crippen molar-refractivity contribution in [2.75, 3.05) is 6.61 Å². The van der Waals surface area contributed by atoms with Crippen molar-refractivity contribution < 1.29 is 29.0 Å². The molecule has 4 N–H and O–H groups in total. The van der Waals surface area contributed by atoms with Crippen molar-refractivity contribution >= 4 is 18.0 Å². The smallest absolute Gasteiger partial charge is 0.409 e. The van der Waals surface area contributed by atoms with Gasteiger partial charge in [-0.05, 0) is 43.0 Å². The largest absolute Gasteiger partial charge is 0.478 e. The first kappa shape index (κ1) is 23.3. The number of hydrogen-bond donors (Lipinski definition) is 3. The van der Waals surface area contributed by atoms with E-state index in [1.54, 1.807) is 20.8 Å². The second-order valence-electron chi connectivity index (χ2n) is 8.81. The fourth-order valence-electron chi connectivity index (χ4n) is 3.70.